The van der Waals surface area contributed by atoms with E-state index in [0.717, 1.165) is 145 Å². The fourth-order valence-corrected chi connectivity index (χ4v) is 18.5. The number of rotatable bonds is 30. The van der Waals surface area contributed by atoms with Gasteiger partial charge in [0.05, 0.1) is 95.1 Å². The van der Waals surface area contributed by atoms with Crippen LogP contribution < -0.4 is 49.6 Å². The molecule has 4 saturated carbocycles. The number of carboxylic acid groups (broad SMARTS) is 1. The monoisotopic (exact) mass is 2100 g/mol. The van der Waals surface area contributed by atoms with Gasteiger partial charge in [-0.05, 0) is 331 Å². The molecule has 12 rings (SSSR count). The molecule has 0 bridgehead atoms. The minimum Gasteiger partial charge on any atom is -0.478 e. The number of benzene rings is 8. The van der Waals surface area contributed by atoms with Gasteiger partial charge in [-0.15, -0.1) is 11.6 Å². The van der Waals surface area contributed by atoms with Crippen molar-refractivity contribution in [1.29, 1.82) is 0 Å². The van der Waals surface area contributed by atoms with Crippen LogP contribution in [0.1, 0.15) is 279 Å². The number of azide groups is 1. The highest BCUT2D eigenvalue weighted by molar-refractivity contribution is 6.17. The molecule has 4 aliphatic carbocycles. The molecule has 0 saturated heterocycles. The minimum absolute atomic E-state index is 0.00441. The first kappa shape index (κ1) is 118. The molecule has 4 N–H and O–H groups in total. The van der Waals surface area contributed by atoms with Crippen LogP contribution in [0.3, 0.4) is 0 Å². The fourth-order valence-electron chi connectivity index (χ4n) is 18.4. The molecule has 0 unspecified atom stereocenters. The Kier molecular flexibility index (Phi) is 42.2. The number of ether oxygens (including phenoxy) is 7. The Morgan fingerprint density at radius 2 is 0.628 bits per heavy atom. The summed E-state index contributed by atoms with van der Waals surface area (Å²) in [4.78, 5) is 124. The van der Waals surface area contributed by atoms with E-state index in [1.165, 1.54) is 136 Å². The molecule has 4 aliphatic rings. The van der Waals surface area contributed by atoms with E-state index >= 15 is 0 Å². The van der Waals surface area contributed by atoms with Gasteiger partial charge in [-0.1, -0.05) is 57.1 Å². The van der Waals surface area contributed by atoms with E-state index in [-0.39, 0.29) is 165 Å². The van der Waals surface area contributed by atoms with E-state index in [1.807, 2.05) is 41.5 Å². The molecule has 8 aromatic rings. The van der Waals surface area contributed by atoms with Gasteiger partial charge in [0.25, 0.3) is 0 Å². The quantitative estimate of drug-likeness (QED) is 0.00716. The van der Waals surface area contributed by atoms with Gasteiger partial charge in [0.15, 0.2) is 0 Å². The molecular formula is C109H128ClF12N9O17. The molecule has 4 fully saturated rings. The molecule has 148 heavy (non-hydrogen) atoms. The number of nitrogens with one attached hydrogen (secondary N) is 1. The lowest BCUT2D eigenvalue weighted by atomic mass is 9.82. The number of carbonyl (C=O) groups is 9. The maximum atomic E-state index is 13.8. The summed E-state index contributed by atoms with van der Waals surface area (Å²) in [6, 6.07) is 29.4. The van der Waals surface area contributed by atoms with E-state index in [1.54, 1.807) is 28.5 Å². The Morgan fingerprint density at radius 1 is 0.385 bits per heavy atom. The predicted octanol–water partition coefficient (Wildman–Crippen LogP) is 28.0. The number of aromatic carboxylic acids is 1. The highest BCUT2D eigenvalue weighted by atomic mass is 35.5. The van der Waals surface area contributed by atoms with Crippen LogP contribution in [0, 0.1) is 47.3 Å². The van der Waals surface area contributed by atoms with Crippen molar-refractivity contribution in [2.45, 2.75) is 267 Å². The van der Waals surface area contributed by atoms with E-state index in [0.29, 0.717) is 51.9 Å². The SMILES string of the molecule is CC(=O)NCc1ccc(Oc2ccc(N(C(=O)C3CCC(C)CC3)C(C)C)c(C(=O)O)c2)c(C(F)(F)F)c1.COC(=O)c1cc(Oc2ccc(CCl)cc2C(F)(F)F)ccc1N(C(=O)C1CCC(C)CC1)C(C)C.COC(=O)c1cc(Oc2ccc(CN)cc2C(F)(F)F)ccc1N(C(=O)C1CCC(C)CC1)C(C)C.COC(=O)c1cc(Oc2ccc(CN=[N+]=[N-])cc2C(F)(F)F)ccc1N(C(=O)C1CCC(C)CC1)C(C)C. The summed E-state index contributed by atoms with van der Waals surface area (Å²) in [5, 5.41) is 15.7. The van der Waals surface area contributed by atoms with Gasteiger partial charge in [-0.25, -0.2) is 19.2 Å². The third-order valence-corrected chi connectivity index (χ3v) is 26.7. The second-order valence-corrected chi connectivity index (χ2v) is 39.2. The lowest BCUT2D eigenvalue weighted by molar-refractivity contribution is -0.139. The van der Waals surface area contributed by atoms with Crippen molar-refractivity contribution in [3.05, 3.63) is 223 Å². The third-order valence-electron chi connectivity index (χ3n) is 26.4. The summed E-state index contributed by atoms with van der Waals surface area (Å²) in [6.07, 6.45) is -5.18. The maximum Gasteiger partial charge on any atom is 0.419 e. The maximum absolute atomic E-state index is 13.8. The average molecular weight is 2100 g/mol. The zero-order valence-corrected chi connectivity index (χ0v) is 86.3. The summed E-state index contributed by atoms with van der Waals surface area (Å²) in [7, 11) is 3.60. The standard InChI is InChI=1S/C28H33F3N2O5.C27H31ClF3NO4.C27H31F3N4O4.C27H33F3N2O4/c1-16(2)33(26(35)20-8-5-17(3)6-9-20)24-11-10-21(14-22(24)27(36)37)38-25-12-7-19(15-32-18(4)34)13-23(25)28(29,30)31;1-16(2)32(25(33)19-8-5-17(3)6-9-19)23-11-10-20(14-21(23)26(34)35-4)36-24-12-7-18(15-28)13-22(24)27(29,30)31;1-16(2)34(25(35)19-8-5-17(3)6-9-19)23-11-10-20(14-21(23)26(36)37-4)38-24-12-7-18(15-32-33-31)13-22(24)27(28,29)30;1-16(2)32(25(33)19-8-5-17(3)6-9-19)23-11-10-20(14-21(23)26(34)35-4)36-24-12-7-18(15-31)13-22(24)27(28,29)30/h7,10-14,16-17,20H,5-6,8-9,15H2,1-4H3,(H,32,34)(H,36,37);7,10-14,16-17,19H,5-6,8-9,15H2,1-4H3;7,10-14,16-17,19H,5-6,8-9,15H2,1-4H3;7,10-14,16-17,19H,5-6,8-9,15,31H2,1-4H3. The van der Waals surface area contributed by atoms with Gasteiger partial charge in [-0.2, -0.15) is 52.7 Å². The Morgan fingerprint density at radius 3 is 0.872 bits per heavy atom. The highest BCUT2D eigenvalue weighted by Crippen LogP contribution is 2.48. The zero-order chi connectivity index (χ0) is 109. The van der Waals surface area contributed by atoms with E-state index in [9.17, 15) is 101 Å². The largest absolute Gasteiger partial charge is 0.478 e. The number of anilines is 4. The summed E-state index contributed by atoms with van der Waals surface area (Å²) >= 11 is 5.70. The molecule has 8 aromatic carbocycles. The van der Waals surface area contributed by atoms with Gasteiger partial charge < -0.3 is 68.9 Å². The molecule has 5 amide bonds. The number of esters is 3. The smallest absolute Gasteiger partial charge is 0.419 e. The predicted molar refractivity (Wildman–Crippen MR) is 536 cm³/mol. The van der Waals surface area contributed by atoms with Crippen molar-refractivity contribution in [2.24, 2.45) is 58.2 Å². The van der Waals surface area contributed by atoms with E-state index in [2.05, 4.69) is 43.0 Å². The van der Waals surface area contributed by atoms with E-state index in [4.69, 9.17) is 56.0 Å². The van der Waals surface area contributed by atoms with Gasteiger partial charge in [-0.3, -0.25) is 24.0 Å². The van der Waals surface area contributed by atoms with Crippen LogP contribution in [0.15, 0.2) is 151 Å². The van der Waals surface area contributed by atoms with Crippen LogP contribution in [0.25, 0.3) is 10.4 Å². The van der Waals surface area contributed by atoms with Crippen LogP contribution in [-0.4, -0.2) is 104 Å². The number of carbonyl (C=O) groups excluding carboxylic acids is 8. The van der Waals surface area contributed by atoms with Crippen molar-refractivity contribution < 1.29 is 134 Å². The Labute approximate surface area is 857 Å². The van der Waals surface area contributed by atoms with Crippen molar-refractivity contribution in [1.82, 2.24) is 5.32 Å². The summed E-state index contributed by atoms with van der Waals surface area (Å²) in [5.74, 6) is -4.82. The number of amides is 5. The van der Waals surface area contributed by atoms with Crippen LogP contribution in [-0.2, 0) is 88.4 Å². The number of nitrogens with zero attached hydrogens (tertiary/aromatic N) is 7. The van der Waals surface area contributed by atoms with Crippen LogP contribution in [0.5, 0.6) is 46.0 Å². The first-order valence-electron chi connectivity index (χ1n) is 49.0. The Bertz CT molecular complexity index is 5860. The molecule has 0 aromatic heterocycles. The highest BCUT2D eigenvalue weighted by Gasteiger charge is 2.43. The molecule has 0 heterocycles. The first-order valence-corrected chi connectivity index (χ1v) is 49.6. The number of halogens is 13. The number of hydrogen-bond donors (Lipinski definition) is 3. The Hall–Kier alpha value is -13.1. The number of carboxylic acids is 1. The Balaban J connectivity index is 0.000000219. The molecule has 39 heteroatoms. The van der Waals surface area contributed by atoms with Crippen molar-refractivity contribution in [3.63, 3.8) is 0 Å². The average Bonchev–Trinajstić information content (AvgIpc) is 0.790. The lowest BCUT2D eigenvalue weighted by Crippen LogP contribution is -2.43. The molecule has 0 radical (unpaired) electrons. The van der Waals surface area contributed by atoms with Gasteiger partial charge in [0, 0.05) is 78.6 Å². The lowest BCUT2D eigenvalue weighted by Gasteiger charge is -2.34. The second-order valence-electron chi connectivity index (χ2n) is 38.9. The fraction of sp³-hybridized carbons (Fsp3) is 0.477. The van der Waals surface area contributed by atoms with Gasteiger partial charge in [0.2, 0.25) is 29.5 Å². The number of methoxy groups -OCH3 is 3. The molecule has 26 nitrogen and oxygen atoms in total. The van der Waals surface area contributed by atoms with Crippen molar-refractivity contribution in [3.8, 4) is 46.0 Å². The van der Waals surface area contributed by atoms with Crippen molar-refractivity contribution >= 4 is 87.8 Å². The van der Waals surface area contributed by atoms with Gasteiger partial charge >= 0.3 is 48.6 Å². The summed E-state index contributed by atoms with van der Waals surface area (Å²) in [5.41, 5.74) is 11.9. The number of nitrogens with two attached hydrogens (primary N) is 1. The molecular weight excluding hydrogens is 1970 g/mol. The second kappa shape index (κ2) is 52.7. The topological polar surface area (TPSA) is 338 Å². The molecule has 802 valence electrons. The third kappa shape index (κ3) is 31.7. The summed E-state index contributed by atoms with van der Waals surface area (Å²) < 4.78 is 202. The van der Waals surface area contributed by atoms with Crippen molar-refractivity contribution in [2.75, 3.05) is 40.9 Å². The summed E-state index contributed by atoms with van der Waals surface area (Å²) in [6.45, 7) is 24.2. The molecule has 0 atom stereocenters. The van der Waals surface area contributed by atoms with Gasteiger partial charge in [0.1, 0.15) is 46.0 Å². The molecule has 0 spiro atoms. The number of alkyl halides is 13. The van der Waals surface area contributed by atoms with E-state index < -0.39 is 93.8 Å². The minimum atomic E-state index is -4.75. The molecule has 0 aliphatic heterocycles. The normalized spacial score (nSPS) is 17.9. The van der Waals surface area contributed by atoms with Crippen LogP contribution in [0.4, 0.5) is 75.4 Å². The van der Waals surface area contributed by atoms with Crippen LogP contribution >= 0.6 is 11.6 Å². The zero-order valence-electron chi connectivity index (χ0n) is 85.5. The number of hydrogen-bond acceptors (Lipinski definition) is 18. The van der Waals surface area contributed by atoms with Crippen LogP contribution in [0.2, 0.25) is 0 Å². The first-order chi connectivity index (χ1) is 69.6.